The SMILES string of the molecule is Cl.N[C@@H]1CCC[C@H]1CC(=O)NCCc1ccccc1[N+](=O)[O-]. The summed E-state index contributed by atoms with van der Waals surface area (Å²) in [5.74, 6) is 0.256. The van der Waals surface area contributed by atoms with Crippen molar-refractivity contribution in [2.24, 2.45) is 11.7 Å². The fraction of sp³-hybridized carbons (Fsp3) is 0.533. The summed E-state index contributed by atoms with van der Waals surface area (Å²) in [5.41, 5.74) is 6.69. The van der Waals surface area contributed by atoms with Crippen molar-refractivity contribution < 1.29 is 9.72 Å². The molecular weight excluding hydrogens is 306 g/mol. The number of para-hydroxylation sites is 1. The molecule has 122 valence electrons. The smallest absolute Gasteiger partial charge is 0.272 e. The first-order valence-electron chi connectivity index (χ1n) is 7.32. The standard InChI is InChI=1S/C15H21N3O3.ClH/c16-13-6-3-5-12(13)10-15(19)17-9-8-11-4-1-2-7-14(11)18(20)21;/h1-2,4,7,12-13H,3,5-6,8-10,16H2,(H,17,19);1H/t12-,13+;/m0./s1. The van der Waals surface area contributed by atoms with E-state index in [4.69, 9.17) is 5.73 Å². The van der Waals surface area contributed by atoms with Gasteiger partial charge >= 0.3 is 0 Å². The van der Waals surface area contributed by atoms with E-state index < -0.39 is 4.92 Å². The van der Waals surface area contributed by atoms with E-state index in [9.17, 15) is 14.9 Å². The van der Waals surface area contributed by atoms with Crippen molar-refractivity contribution in [3.05, 3.63) is 39.9 Å². The van der Waals surface area contributed by atoms with E-state index in [1.165, 1.54) is 6.07 Å². The van der Waals surface area contributed by atoms with Crippen molar-refractivity contribution in [1.29, 1.82) is 0 Å². The van der Waals surface area contributed by atoms with Gasteiger partial charge in [-0.25, -0.2) is 0 Å². The summed E-state index contributed by atoms with van der Waals surface area (Å²) in [7, 11) is 0. The molecule has 6 nitrogen and oxygen atoms in total. The minimum Gasteiger partial charge on any atom is -0.356 e. The van der Waals surface area contributed by atoms with Crippen molar-refractivity contribution in [2.45, 2.75) is 38.1 Å². The first-order chi connectivity index (χ1) is 10.1. The number of nitrogens with zero attached hydrogens (tertiary/aromatic N) is 1. The number of nitrogens with one attached hydrogen (secondary N) is 1. The highest BCUT2D eigenvalue weighted by molar-refractivity contribution is 5.85. The second kappa shape index (κ2) is 8.70. The van der Waals surface area contributed by atoms with Crippen LogP contribution in [0.15, 0.2) is 24.3 Å². The van der Waals surface area contributed by atoms with Crippen LogP contribution >= 0.6 is 12.4 Å². The van der Waals surface area contributed by atoms with Gasteiger partial charge in [-0.05, 0) is 25.2 Å². The normalized spacial score (nSPS) is 20.2. The molecular formula is C15H22ClN3O3. The van der Waals surface area contributed by atoms with Gasteiger partial charge in [0.05, 0.1) is 4.92 Å². The third-order valence-electron chi connectivity index (χ3n) is 4.07. The van der Waals surface area contributed by atoms with E-state index in [2.05, 4.69) is 5.32 Å². The summed E-state index contributed by atoms with van der Waals surface area (Å²) in [6, 6.07) is 6.74. The number of halogens is 1. The molecule has 0 saturated heterocycles. The van der Waals surface area contributed by atoms with Crippen LogP contribution in [0.25, 0.3) is 0 Å². The Labute approximate surface area is 136 Å². The van der Waals surface area contributed by atoms with Crippen molar-refractivity contribution in [3.63, 3.8) is 0 Å². The molecule has 0 radical (unpaired) electrons. The number of rotatable bonds is 6. The minimum atomic E-state index is -0.394. The maximum Gasteiger partial charge on any atom is 0.272 e. The molecule has 1 saturated carbocycles. The van der Waals surface area contributed by atoms with E-state index in [1.54, 1.807) is 18.2 Å². The molecule has 0 bridgehead atoms. The summed E-state index contributed by atoms with van der Waals surface area (Å²) < 4.78 is 0. The average Bonchev–Trinajstić information content (AvgIpc) is 2.84. The van der Waals surface area contributed by atoms with Crippen LogP contribution in [0.3, 0.4) is 0 Å². The first-order valence-corrected chi connectivity index (χ1v) is 7.32. The van der Waals surface area contributed by atoms with Gasteiger partial charge in [0.1, 0.15) is 0 Å². The number of amides is 1. The third-order valence-corrected chi connectivity index (χ3v) is 4.07. The van der Waals surface area contributed by atoms with Crippen LogP contribution in [0.2, 0.25) is 0 Å². The van der Waals surface area contributed by atoms with Crippen molar-refractivity contribution >= 4 is 24.0 Å². The number of hydrogen-bond donors (Lipinski definition) is 2. The molecule has 2 atom stereocenters. The van der Waals surface area contributed by atoms with E-state index in [1.807, 2.05) is 0 Å². The van der Waals surface area contributed by atoms with Crippen LogP contribution in [0.1, 0.15) is 31.2 Å². The van der Waals surface area contributed by atoms with Gasteiger partial charge in [-0.2, -0.15) is 0 Å². The number of carbonyl (C=O) groups excluding carboxylic acids is 1. The average molecular weight is 328 g/mol. The molecule has 0 spiro atoms. The van der Waals surface area contributed by atoms with E-state index in [0.717, 1.165) is 19.3 Å². The molecule has 1 aliphatic carbocycles. The fourth-order valence-corrected chi connectivity index (χ4v) is 2.87. The van der Waals surface area contributed by atoms with Gasteiger partial charge in [-0.3, -0.25) is 14.9 Å². The lowest BCUT2D eigenvalue weighted by atomic mass is 10.00. The molecule has 1 amide bonds. The van der Waals surface area contributed by atoms with Crippen molar-refractivity contribution in [3.8, 4) is 0 Å². The molecule has 0 aromatic heterocycles. The quantitative estimate of drug-likeness (QED) is 0.618. The maximum absolute atomic E-state index is 11.9. The van der Waals surface area contributed by atoms with Gasteiger partial charge in [-0.15, -0.1) is 12.4 Å². The Bertz CT molecular complexity index is 525. The predicted molar refractivity (Wildman–Crippen MR) is 87.0 cm³/mol. The van der Waals surface area contributed by atoms with Gasteiger partial charge in [0.15, 0.2) is 0 Å². The third kappa shape index (κ3) is 4.96. The van der Waals surface area contributed by atoms with Crippen LogP contribution in [0.5, 0.6) is 0 Å². The Hall–Kier alpha value is -1.66. The summed E-state index contributed by atoms with van der Waals surface area (Å²) in [6.07, 6.45) is 4.01. The molecule has 1 aromatic rings. The molecule has 0 unspecified atom stereocenters. The second-order valence-corrected chi connectivity index (χ2v) is 5.54. The predicted octanol–water partition coefficient (Wildman–Crippen LogP) is 2.19. The van der Waals surface area contributed by atoms with Crippen LogP contribution in [-0.2, 0) is 11.2 Å². The zero-order valence-corrected chi connectivity index (χ0v) is 13.2. The monoisotopic (exact) mass is 327 g/mol. The number of nitro groups is 1. The van der Waals surface area contributed by atoms with Gasteiger partial charge in [0, 0.05) is 30.6 Å². The highest BCUT2D eigenvalue weighted by atomic mass is 35.5. The van der Waals surface area contributed by atoms with Gasteiger partial charge in [-0.1, -0.05) is 24.6 Å². The van der Waals surface area contributed by atoms with Crippen LogP contribution in [0, 0.1) is 16.0 Å². The number of nitro benzene ring substituents is 1. The Kier molecular flexibility index (Phi) is 7.27. The molecule has 1 aliphatic rings. The fourth-order valence-electron chi connectivity index (χ4n) is 2.87. The van der Waals surface area contributed by atoms with Crippen molar-refractivity contribution in [2.75, 3.05) is 6.54 Å². The van der Waals surface area contributed by atoms with Crippen LogP contribution in [0.4, 0.5) is 5.69 Å². The van der Waals surface area contributed by atoms with Crippen LogP contribution < -0.4 is 11.1 Å². The highest BCUT2D eigenvalue weighted by Crippen LogP contribution is 2.26. The number of hydrogen-bond acceptors (Lipinski definition) is 4. The lowest BCUT2D eigenvalue weighted by Gasteiger charge is -2.14. The summed E-state index contributed by atoms with van der Waals surface area (Å²) in [6.45, 7) is 0.408. The summed E-state index contributed by atoms with van der Waals surface area (Å²) in [4.78, 5) is 22.3. The molecule has 1 aromatic carbocycles. The van der Waals surface area contributed by atoms with Gasteiger partial charge < -0.3 is 11.1 Å². The summed E-state index contributed by atoms with van der Waals surface area (Å²) in [5, 5.41) is 13.7. The Morgan fingerprint density at radius 2 is 2.09 bits per heavy atom. The molecule has 0 heterocycles. The highest BCUT2D eigenvalue weighted by Gasteiger charge is 2.25. The first kappa shape index (κ1) is 18.4. The van der Waals surface area contributed by atoms with Gasteiger partial charge in [0.25, 0.3) is 5.69 Å². The molecule has 1 fully saturated rings. The topological polar surface area (TPSA) is 98.3 Å². The lowest BCUT2D eigenvalue weighted by molar-refractivity contribution is -0.385. The van der Waals surface area contributed by atoms with E-state index in [0.29, 0.717) is 24.9 Å². The largest absolute Gasteiger partial charge is 0.356 e. The van der Waals surface area contributed by atoms with E-state index >= 15 is 0 Å². The zero-order valence-electron chi connectivity index (χ0n) is 12.4. The summed E-state index contributed by atoms with van der Waals surface area (Å²) >= 11 is 0. The van der Waals surface area contributed by atoms with Crippen molar-refractivity contribution in [1.82, 2.24) is 5.32 Å². The van der Waals surface area contributed by atoms with Gasteiger partial charge in [0.2, 0.25) is 5.91 Å². The molecule has 22 heavy (non-hydrogen) atoms. The molecule has 7 heteroatoms. The molecule has 0 aliphatic heterocycles. The Morgan fingerprint density at radius 3 is 2.73 bits per heavy atom. The van der Waals surface area contributed by atoms with Crippen LogP contribution in [-0.4, -0.2) is 23.4 Å². The Balaban J connectivity index is 0.00000242. The number of carbonyl (C=O) groups is 1. The minimum absolute atomic E-state index is 0. The molecule has 2 rings (SSSR count). The maximum atomic E-state index is 11.9. The number of benzene rings is 1. The lowest BCUT2D eigenvalue weighted by Crippen LogP contribution is -2.32. The zero-order chi connectivity index (χ0) is 15.2. The number of nitrogens with two attached hydrogens (primary N) is 1. The molecule has 3 N–H and O–H groups in total. The van der Waals surface area contributed by atoms with E-state index in [-0.39, 0.29) is 36.0 Å². The Morgan fingerprint density at radius 1 is 1.36 bits per heavy atom. The second-order valence-electron chi connectivity index (χ2n) is 5.54.